The maximum atomic E-state index is 13.0. The molecule has 1 N–H and O–H groups in total. The summed E-state index contributed by atoms with van der Waals surface area (Å²) in [5.74, 6) is -0.517. The quantitative estimate of drug-likeness (QED) is 0.596. The van der Waals surface area contributed by atoms with Crippen LogP contribution in [0.15, 0.2) is 23.2 Å². The van der Waals surface area contributed by atoms with Crippen molar-refractivity contribution < 1.29 is 11.2 Å². The Hall–Kier alpha value is -0.690. The van der Waals surface area contributed by atoms with Gasteiger partial charge >= 0.3 is 0 Å². The highest BCUT2D eigenvalue weighted by atomic mass is 79.9. The van der Waals surface area contributed by atoms with E-state index in [1.807, 2.05) is 0 Å². The minimum atomic E-state index is -4.08. The average Bonchev–Trinajstić information content (AvgIpc) is 2.86. The fourth-order valence-corrected chi connectivity index (χ4v) is 4.83. The third-order valence-electron chi connectivity index (χ3n) is 3.85. The molecule has 1 atom stereocenters. The van der Waals surface area contributed by atoms with Crippen molar-refractivity contribution in [1.82, 2.24) is 9.71 Å². The van der Waals surface area contributed by atoms with Gasteiger partial charge in [-0.3, -0.25) is 0 Å². The van der Waals surface area contributed by atoms with Crippen molar-refractivity contribution in [3.8, 4) is 0 Å². The lowest BCUT2D eigenvalue weighted by Crippen LogP contribution is -2.28. The van der Waals surface area contributed by atoms with Crippen LogP contribution in [0, 0.1) is 5.92 Å². The van der Waals surface area contributed by atoms with Crippen molar-refractivity contribution in [3.63, 3.8) is 0 Å². The van der Waals surface area contributed by atoms with Crippen LogP contribution in [0.3, 0.4) is 0 Å². The number of nitrogens with one attached hydrogen (secondary N) is 1. The molecule has 0 saturated heterocycles. The van der Waals surface area contributed by atoms with Crippen molar-refractivity contribution >= 4 is 48.3 Å². The van der Waals surface area contributed by atoms with Crippen LogP contribution in [0.2, 0.25) is 5.15 Å². The third-order valence-corrected chi connectivity index (χ3v) is 6.31. The number of hydrogen-bond donors (Lipinski definition) is 1. The highest BCUT2D eigenvalue weighted by Crippen LogP contribution is 2.43. The molecule has 0 saturated carbocycles. The Bertz CT molecular complexity index is 951. The van der Waals surface area contributed by atoms with Gasteiger partial charge in [-0.1, -0.05) is 41.4 Å². The van der Waals surface area contributed by atoms with Crippen molar-refractivity contribution in [1.29, 1.82) is 0 Å². The SMILES string of the molecule is [2H]C([2H])(NS(=O)(=O)c1cc2c(c3cnc(Cl)cc13)CCC2Br)C(C)C. The molecule has 23 heavy (non-hydrogen) atoms. The van der Waals surface area contributed by atoms with E-state index in [0.29, 0.717) is 5.39 Å². The van der Waals surface area contributed by atoms with Gasteiger partial charge < -0.3 is 0 Å². The standard InChI is InChI=1S/C16H18BrClN2O2S/c1-9(2)7-20-23(21,22)15-5-11-10(3-4-14(11)17)13-8-19-16(18)6-12(13)15/h5-6,8-9,14,20H,3-4,7H2,1-2H3/i7D2. The number of halogens is 2. The summed E-state index contributed by atoms with van der Waals surface area (Å²) >= 11 is 9.58. The van der Waals surface area contributed by atoms with Crippen LogP contribution in [0.5, 0.6) is 0 Å². The number of fused-ring (bicyclic) bond motifs is 3. The van der Waals surface area contributed by atoms with Crippen molar-refractivity contribution in [2.75, 3.05) is 6.50 Å². The minimum Gasteiger partial charge on any atom is -0.244 e. The lowest BCUT2D eigenvalue weighted by atomic mass is 10.0. The number of rotatable bonds is 4. The molecule has 1 aromatic carbocycles. The van der Waals surface area contributed by atoms with E-state index in [1.165, 1.54) is 6.07 Å². The highest BCUT2D eigenvalue weighted by molar-refractivity contribution is 9.09. The second-order valence-corrected chi connectivity index (χ2v) is 9.05. The van der Waals surface area contributed by atoms with Crippen LogP contribution >= 0.6 is 27.5 Å². The highest BCUT2D eigenvalue weighted by Gasteiger charge is 2.28. The molecule has 1 aromatic heterocycles. The van der Waals surface area contributed by atoms with Gasteiger partial charge in [-0.15, -0.1) is 0 Å². The van der Waals surface area contributed by atoms with Crippen molar-refractivity contribution in [3.05, 3.63) is 34.6 Å². The van der Waals surface area contributed by atoms with E-state index in [2.05, 4.69) is 25.6 Å². The summed E-state index contributed by atoms with van der Waals surface area (Å²) in [6.07, 6.45) is 3.29. The molecule has 0 aliphatic heterocycles. The van der Waals surface area contributed by atoms with Gasteiger partial charge in [0.2, 0.25) is 10.0 Å². The third kappa shape index (κ3) is 3.27. The topological polar surface area (TPSA) is 59.1 Å². The number of aryl methyl sites for hydroxylation is 1. The number of aromatic nitrogens is 1. The number of benzene rings is 1. The summed E-state index contributed by atoms with van der Waals surface area (Å²) in [4.78, 5) is 4.19. The van der Waals surface area contributed by atoms with Gasteiger partial charge in [0.05, 0.1) is 4.90 Å². The molecule has 124 valence electrons. The van der Waals surface area contributed by atoms with Crippen LogP contribution in [-0.4, -0.2) is 19.9 Å². The summed E-state index contributed by atoms with van der Waals surface area (Å²) in [6, 6.07) is 3.15. The Morgan fingerprint density at radius 3 is 2.91 bits per heavy atom. The zero-order valence-corrected chi connectivity index (χ0v) is 15.9. The molecule has 1 heterocycles. The van der Waals surface area contributed by atoms with E-state index in [9.17, 15) is 8.42 Å². The van der Waals surface area contributed by atoms with Gasteiger partial charge in [-0.05, 0) is 42.0 Å². The monoisotopic (exact) mass is 418 g/mol. The van der Waals surface area contributed by atoms with Crippen molar-refractivity contribution in [2.45, 2.75) is 36.4 Å². The Labute approximate surface area is 152 Å². The molecule has 2 aromatic rings. The van der Waals surface area contributed by atoms with E-state index in [-0.39, 0.29) is 14.9 Å². The van der Waals surface area contributed by atoms with Gasteiger partial charge in [-0.25, -0.2) is 18.1 Å². The Kier molecular flexibility index (Phi) is 4.02. The van der Waals surface area contributed by atoms with E-state index >= 15 is 0 Å². The number of alkyl halides is 1. The molecule has 0 bridgehead atoms. The van der Waals surface area contributed by atoms with Crippen molar-refractivity contribution in [2.24, 2.45) is 5.92 Å². The molecular formula is C16H18BrClN2O2S. The van der Waals surface area contributed by atoms with Crippen LogP contribution < -0.4 is 4.72 Å². The number of nitrogens with zero attached hydrogens (tertiary/aromatic N) is 1. The molecule has 1 aliphatic rings. The first-order valence-corrected chi connectivity index (χ1v) is 10.1. The molecule has 0 spiro atoms. The number of pyridine rings is 1. The molecule has 3 rings (SSSR count). The molecule has 0 radical (unpaired) electrons. The maximum absolute atomic E-state index is 13.0. The lowest BCUT2D eigenvalue weighted by Gasteiger charge is -2.15. The Morgan fingerprint density at radius 1 is 1.48 bits per heavy atom. The molecule has 1 aliphatic carbocycles. The Balaban J connectivity index is 2.26. The zero-order valence-electron chi connectivity index (χ0n) is 14.7. The van der Waals surface area contributed by atoms with Gasteiger partial charge in [0.15, 0.2) is 0 Å². The average molecular weight is 420 g/mol. The fraction of sp³-hybridized carbons (Fsp3) is 0.438. The number of sulfonamides is 1. The van der Waals surface area contributed by atoms with Gasteiger partial charge in [0, 0.05) is 31.0 Å². The summed E-state index contributed by atoms with van der Waals surface area (Å²) in [5.41, 5.74) is 1.97. The maximum Gasteiger partial charge on any atom is 0.241 e. The van der Waals surface area contributed by atoms with Gasteiger partial charge in [-0.2, -0.15) is 0 Å². The van der Waals surface area contributed by atoms with Gasteiger partial charge in [0.25, 0.3) is 0 Å². The van der Waals surface area contributed by atoms with Crippen LogP contribution in [-0.2, 0) is 16.4 Å². The Morgan fingerprint density at radius 2 is 2.22 bits per heavy atom. The first-order valence-electron chi connectivity index (χ1n) is 8.32. The van der Waals surface area contributed by atoms with E-state index < -0.39 is 22.4 Å². The minimum absolute atomic E-state index is 0.0291. The second kappa shape index (κ2) is 6.31. The number of hydrogen-bond acceptors (Lipinski definition) is 3. The molecule has 0 amide bonds. The molecule has 4 nitrogen and oxygen atoms in total. The zero-order chi connectivity index (χ0) is 18.6. The van der Waals surface area contributed by atoms with E-state index in [4.69, 9.17) is 14.3 Å². The lowest BCUT2D eigenvalue weighted by molar-refractivity contribution is 0.561. The van der Waals surface area contributed by atoms with E-state index in [1.54, 1.807) is 26.1 Å². The van der Waals surface area contributed by atoms with Crippen LogP contribution in [0.4, 0.5) is 0 Å². The predicted octanol–water partition coefficient (Wildman–Crippen LogP) is 4.20. The largest absolute Gasteiger partial charge is 0.244 e. The van der Waals surface area contributed by atoms with Gasteiger partial charge in [0.1, 0.15) is 5.15 Å². The molecular weight excluding hydrogens is 400 g/mol. The fourth-order valence-electron chi connectivity index (χ4n) is 2.79. The summed E-state index contributed by atoms with van der Waals surface area (Å²) in [5, 5.41) is 1.41. The molecule has 7 heteroatoms. The van der Waals surface area contributed by atoms with Crippen LogP contribution in [0.1, 0.15) is 39.0 Å². The summed E-state index contributed by atoms with van der Waals surface area (Å²) < 4.78 is 44.0. The van der Waals surface area contributed by atoms with E-state index in [0.717, 1.165) is 29.4 Å². The second-order valence-electron chi connectivity index (χ2n) is 5.91. The smallest absolute Gasteiger partial charge is 0.241 e. The first kappa shape index (κ1) is 14.6. The van der Waals surface area contributed by atoms with Crippen LogP contribution in [0.25, 0.3) is 10.8 Å². The first-order chi connectivity index (χ1) is 11.5. The molecule has 0 fully saturated rings. The molecule has 1 unspecified atom stereocenters. The summed E-state index contributed by atoms with van der Waals surface area (Å²) in [6.45, 7) is 1.19. The predicted molar refractivity (Wildman–Crippen MR) is 96.8 cm³/mol. The normalized spacial score (nSPS) is 19.8. The summed E-state index contributed by atoms with van der Waals surface area (Å²) in [7, 11) is -4.08.